The summed E-state index contributed by atoms with van der Waals surface area (Å²) in [7, 11) is 0. The molecule has 3 heterocycles. The highest BCUT2D eigenvalue weighted by atomic mass is 32.1. The van der Waals surface area contributed by atoms with Crippen LogP contribution in [0.25, 0.3) is 10.2 Å². The van der Waals surface area contributed by atoms with Crippen molar-refractivity contribution in [1.29, 1.82) is 0 Å². The normalized spacial score (nSPS) is 17.5. The average Bonchev–Trinajstić information content (AvgIpc) is 3.35. The van der Waals surface area contributed by atoms with Crippen LogP contribution >= 0.6 is 11.3 Å². The molecule has 2 aliphatic rings. The van der Waals surface area contributed by atoms with Crippen LogP contribution in [-0.4, -0.2) is 49.3 Å². The van der Waals surface area contributed by atoms with Crippen LogP contribution in [0.15, 0.2) is 36.4 Å². The molecule has 0 spiro atoms. The van der Waals surface area contributed by atoms with Gasteiger partial charge in [0.1, 0.15) is 19.0 Å². The molecule has 10 heteroatoms. The first kappa shape index (κ1) is 20.4. The van der Waals surface area contributed by atoms with Gasteiger partial charge in [-0.3, -0.25) is 10.1 Å². The molecule has 3 aromatic rings. The van der Waals surface area contributed by atoms with E-state index in [-0.39, 0.29) is 18.4 Å². The number of carbonyl (C=O) groups is 2. The Balaban J connectivity index is 1.22. The van der Waals surface area contributed by atoms with E-state index in [0.717, 1.165) is 21.7 Å². The van der Waals surface area contributed by atoms with E-state index in [2.05, 4.69) is 15.6 Å². The largest absolute Gasteiger partial charge is 0.494 e. The third kappa shape index (κ3) is 4.13. The number of ether oxygens (including phenoxy) is 3. The van der Waals surface area contributed by atoms with Gasteiger partial charge in [-0.15, -0.1) is 0 Å². The molecule has 1 fully saturated rings. The first-order chi connectivity index (χ1) is 15.6. The predicted molar refractivity (Wildman–Crippen MR) is 121 cm³/mol. The SMILES string of the molecule is CCOc1ccc2nc(NC(=O)N[C@H]3CC(=O)N(c4ccc5c(c4)OCCO5)C3)sc2c1. The summed E-state index contributed by atoms with van der Waals surface area (Å²) in [5.41, 5.74) is 1.51. The molecule has 2 aliphatic heterocycles. The van der Waals surface area contributed by atoms with Gasteiger partial charge in [-0.2, -0.15) is 0 Å². The number of carbonyl (C=O) groups excluding carboxylic acids is 2. The maximum Gasteiger partial charge on any atom is 0.321 e. The molecule has 3 amide bonds. The zero-order chi connectivity index (χ0) is 22.1. The smallest absolute Gasteiger partial charge is 0.321 e. The second kappa shape index (κ2) is 8.54. The van der Waals surface area contributed by atoms with Crippen LogP contribution in [0.5, 0.6) is 17.2 Å². The molecule has 1 atom stereocenters. The molecule has 1 aromatic heterocycles. The first-order valence-electron chi connectivity index (χ1n) is 10.4. The number of nitrogens with one attached hydrogen (secondary N) is 2. The summed E-state index contributed by atoms with van der Waals surface area (Å²) < 4.78 is 17.6. The summed E-state index contributed by atoms with van der Waals surface area (Å²) >= 11 is 1.37. The lowest BCUT2D eigenvalue weighted by Crippen LogP contribution is -2.39. The molecule has 2 N–H and O–H groups in total. The number of amides is 3. The second-order valence-electron chi connectivity index (χ2n) is 7.41. The molecule has 0 aliphatic carbocycles. The first-order valence-corrected chi connectivity index (χ1v) is 11.2. The lowest BCUT2D eigenvalue weighted by Gasteiger charge is -2.22. The summed E-state index contributed by atoms with van der Waals surface area (Å²) in [4.78, 5) is 31.1. The number of anilines is 2. The van der Waals surface area contributed by atoms with Gasteiger partial charge in [-0.25, -0.2) is 9.78 Å². The lowest BCUT2D eigenvalue weighted by molar-refractivity contribution is -0.117. The Labute approximate surface area is 188 Å². The number of rotatable bonds is 5. The Morgan fingerprint density at radius 1 is 1.22 bits per heavy atom. The van der Waals surface area contributed by atoms with Gasteiger partial charge < -0.3 is 24.4 Å². The molecular weight excluding hydrogens is 432 g/mol. The van der Waals surface area contributed by atoms with E-state index in [1.165, 1.54) is 11.3 Å². The molecule has 9 nitrogen and oxygen atoms in total. The maximum atomic E-state index is 12.6. The maximum absolute atomic E-state index is 12.6. The third-order valence-electron chi connectivity index (χ3n) is 5.19. The number of urea groups is 1. The van der Waals surface area contributed by atoms with Crippen molar-refractivity contribution >= 4 is 44.3 Å². The van der Waals surface area contributed by atoms with E-state index >= 15 is 0 Å². The third-order valence-corrected chi connectivity index (χ3v) is 6.12. The number of benzene rings is 2. The van der Waals surface area contributed by atoms with E-state index in [0.29, 0.717) is 43.0 Å². The predicted octanol–water partition coefficient (Wildman–Crippen LogP) is 3.39. The lowest BCUT2D eigenvalue weighted by atomic mass is 10.2. The summed E-state index contributed by atoms with van der Waals surface area (Å²) in [6.07, 6.45) is 0.222. The van der Waals surface area contributed by atoms with Crippen molar-refractivity contribution < 1.29 is 23.8 Å². The molecule has 32 heavy (non-hydrogen) atoms. The van der Waals surface area contributed by atoms with Crippen LogP contribution in [0.4, 0.5) is 15.6 Å². The van der Waals surface area contributed by atoms with Crippen LogP contribution in [-0.2, 0) is 4.79 Å². The van der Waals surface area contributed by atoms with Crippen molar-refractivity contribution in [3.8, 4) is 17.2 Å². The highest BCUT2D eigenvalue weighted by Crippen LogP contribution is 2.35. The Morgan fingerprint density at radius 2 is 2.06 bits per heavy atom. The van der Waals surface area contributed by atoms with Gasteiger partial charge in [0, 0.05) is 24.7 Å². The van der Waals surface area contributed by atoms with E-state index in [1.54, 1.807) is 17.0 Å². The van der Waals surface area contributed by atoms with Gasteiger partial charge in [-0.05, 0) is 37.3 Å². The monoisotopic (exact) mass is 454 g/mol. The summed E-state index contributed by atoms with van der Waals surface area (Å²) in [6, 6.07) is 10.3. The Kier molecular flexibility index (Phi) is 5.44. The van der Waals surface area contributed by atoms with Gasteiger partial charge in [0.05, 0.1) is 22.9 Å². The van der Waals surface area contributed by atoms with Crippen molar-refractivity contribution in [2.24, 2.45) is 0 Å². The highest BCUT2D eigenvalue weighted by Gasteiger charge is 2.32. The summed E-state index contributed by atoms with van der Waals surface area (Å²) in [6.45, 7) is 3.88. The minimum Gasteiger partial charge on any atom is -0.494 e. The number of fused-ring (bicyclic) bond motifs is 2. The standard InChI is InChI=1S/C22H22N4O5S/c1-2-29-15-4-5-16-19(11-15)32-22(24-16)25-21(28)23-13-9-20(27)26(12-13)14-3-6-17-18(10-14)31-8-7-30-17/h3-6,10-11,13H,2,7-9,12H2,1H3,(H2,23,24,25,28)/t13-/m0/s1. The van der Waals surface area contributed by atoms with E-state index in [1.807, 2.05) is 31.2 Å². The highest BCUT2D eigenvalue weighted by molar-refractivity contribution is 7.22. The van der Waals surface area contributed by atoms with Gasteiger partial charge in [0.25, 0.3) is 0 Å². The second-order valence-corrected chi connectivity index (χ2v) is 8.44. The molecule has 0 bridgehead atoms. The van der Waals surface area contributed by atoms with Gasteiger partial charge in [0.2, 0.25) is 5.91 Å². The van der Waals surface area contributed by atoms with Crippen molar-refractivity contribution in [3.63, 3.8) is 0 Å². The summed E-state index contributed by atoms with van der Waals surface area (Å²) in [5, 5.41) is 6.12. The zero-order valence-corrected chi connectivity index (χ0v) is 18.2. The van der Waals surface area contributed by atoms with Crippen molar-refractivity contribution in [1.82, 2.24) is 10.3 Å². The Morgan fingerprint density at radius 3 is 2.91 bits per heavy atom. The molecule has 0 unspecified atom stereocenters. The molecule has 0 radical (unpaired) electrons. The van der Waals surface area contributed by atoms with Crippen molar-refractivity contribution in [2.75, 3.05) is 36.6 Å². The van der Waals surface area contributed by atoms with Crippen molar-refractivity contribution in [2.45, 2.75) is 19.4 Å². The fourth-order valence-corrected chi connectivity index (χ4v) is 4.68. The van der Waals surface area contributed by atoms with Crippen LogP contribution in [0.2, 0.25) is 0 Å². The van der Waals surface area contributed by atoms with Crippen LogP contribution in [0, 0.1) is 0 Å². The topological polar surface area (TPSA) is 102 Å². The molecule has 5 rings (SSSR count). The number of nitrogens with zero attached hydrogens (tertiary/aromatic N) is 2. The van der Waals surface area contributed by atoms with Crippen LogP contribution < -0.4 is 29.7 Å². The average molecular weight is 455 g/mol. The van der Waals surface area contributed by atoms with Crippen LogP contribution in [0.1, 0.15) is 13.3 Å². The molecule has 2 aromatic carbocycles. The number of thiazole rings is 1. The van der Waals surface area contributed by atoms with Gasteiger partial charge in [-0.1, -0.05) is 11.3 Å². The number of hydrogen-bond acceptors (Lipinski definition) is 7. The fourth-order valence-electron chi connectivity index (χ4n) is 3.79. The van der Waals surface area contributed by atoms with E-state index < -0.39 is 6.03 Å². The molecule has 166 valence electrons. The van der Waals surface area contributed by atoms with Crippen molar-refractivity contribution in [3.05, 3.63) is 36.4 Å². The Bertz CT molecular complexity index is 1180. The minimum absolute atomic E-state index is 0.0598. The Hall–Kier alpha value is -3.53. The number of aromatic nitrogens is 1. The van der Waals surface area contributed by atoms with Gasteiger partial charge >= 0.3 is 6.03 Å². The van der Waals surface area contributed by atoms with E-state index in [4.69, 9.17) is 14.2 Å². The molecule has 0 saturated carbocycles. The fraction of sp³-hybridized carbons (Fsp3) is 0.318. The van der Waals surface area contributed by atoms with Gasteiger partial charge in [0.15, 0.2) is 16.6 Å². The zero-order valence-electron chi connectivity index (χ0n) is 17.4. The van der Waals surface area contributed by atoms with Crippen LogP contribution in [0.3, 0.4) is 0 Å². The molecular formula is C22H22N4O5S. The number of hydrogen-bond donors (Lipinski definition) is 2. The molecule has 1 saturated heterocycles. The van der Waals surface area contributed by atoms with E-state index in [9.17, 15) is 9.59 Å². The quantitative estimate of drug-likeness (QED) is 0.613. The summed E-state index contributed by atoms with van der Waals surface area (Å²) in [5.74, 6) is 2.00. The minimum atomic E-state index is -0.393.